The van der Waals surface area contributed by atoms with Crippen molar-refractivity contribution < 1.29 is 4.39 Å². The smallest absolute Gasteiger partial charge is 0.312 e. The molecule has 1 aromatic heterocycles. The molecule has 1 heterocycles. The molecule has 1 aromatic carbocycles. The zero-order valence-corrected chi connectivity index (χ0v) is 9.17. The van der Waals surface area contributed by atoms with Gasteiger partial charge >= 0.3 is 5.69 Å². The number of aromatic nitrogens is 2. The first-order valence-corrected chi connectivity index (χ1v) is 5.36. The van der Waals surface area contributed by atoms with E-state index >= 15 is 0 Å². The molecule has 0 atom stereocenters. The molecule has 0 aliphatic carbocycles. The maximum atomic E-state index is 12.8. The Hall–Kier alpha value is -1.55. The van der Waals surface area contributed by atoms with Crippen LogP contribution in [-0.4, -0.2) is 15.4 Å². The number of imidazole rings is 1. The fraction of sp³-hybridized carbons (Fsp3) is 0.182. The predicted octanol–water partition coefficient (Wildman–Crippen LogP) is 2.22. The quantitative estimate of drug-likeness (QED) is 0.821. The van der Waals surface area contributed by atoms with E-state index in [1.165, 1.54) is 16.7 Å². The van der Waals surface area contributed by atoms with Crippen molar-refractivity contribution in [2.45, 2.75) is 6.54 Å². The lowest BCUT2D eigenvalue weighted by Crippen LogP contribution is -2.18. The van der Waals surface area contributed by atoms with Crippen LogP contribution in [-0.2, 0) is 6.54 Å². The molecule has 0 amide bonds. The number of benzene rings is 1. The van der Waals surface area contributed by atoms with Crippen LogP contribution >= 0.6 is 11.6 Å². The van der Waals surface area contributed by atoms with Gasteiger partial charge in [0, 0.05) is 18.6 Å². The van der Waals surface area contributed by atoms with Crippen molar-refractivity contribution in [2.75, 3.05) is 5.88 Å². The highest BCUT2D eigenvalue weighted by Gasteiger charge is 2.07. The second-order valence-corrected chi connectivity index (χ2v) is 3.70. The monoisotopic (exact) mass is 240 g/mol. The fourth-order valence-corrected chi connectivity index (χ4v) is 1.73. The Bertz CT molecular complexity index is 530. The zero-order chi connectivity index (χ0) is 11.5. The van der Waals surface area contributed by atoms with Gasteiger partial charge in [-0.1, -0.05) is 0 Å². The largest absolute Gasteiger partial charge is 0.326 e. The van der Waals surface area contributed by atoms with Crippen LogP contribution in [0.15, 0.2) is 35.3 Å². The summed E-state index contributed by atoms with van der Waals surface area (Å²) in [4.78, 5) is 14.0. The third-order valence-electron chi connectivity index (χ3n) is 2.32. The molecular formula is C11H10ClFN2O. The third-order valence-corrected chi connectivity index (χ3v) is 2.49. The molecule has 0 aliphatic heterocycles. The number of halogens is 2. The maximum absolute atomic E-state index is 12.8. The Morgan fingerprint density at radius 2 is 2.00 bits per heavy atom. The van der Waals surface area contributed by atoms with Crippen LogP contribution in [0.4, 0.5) is 4.39 Å². The molecule has 0 spiro atoms. The van der Waals surface area contributed by atoms with Gasteiger partial charge in [-0.2, -0.15) is 0 Å². The van der Waals surface area contributed by atoms with Gasteiger partial charge in [0.1, 0.15) is 5.82 Å². The molecule has 0 saturated heterocycles. The molecule has 1 N–H and O–H groups in total. The Morgan fingerprint density at radius 1 is 1.31 bits per heavy atom. The third kappa shape index (κ3) is 2.02. The SMILES string of the molecule is O=c1[nH]cc(-c2ccc(F)cc2)n1CCCl. The minimum atomic E-state index is -0.300. The van der Waals surface area contributed by atoms with Gasteiger partial charge in [0.15, 0.2) is 0 Å². The van der Waals surface area contributed by atoms with Gasteiger partial charge in [-0.15, -0.1) is 11.6 Å². The van der Waals surface area contributed by atoms with E-state index in [0.29, 0.717) is 18.1 Å². The number of hydrogen-bond acceptors (Lipinski definition) is 1. The van der Waals surface area contributed by atoms with E-state index in [2.05, 4.69) is 4.98 Å². The first-order chi connectivity index (χ1) is 7.72. The Kier molecular flexibility index (Phi) is 3.10. The van der Waals surface area contributed by atoms with Gasteiger partial charge in [0.05, 0.1) is 5.69 Å². The second kappa shape index (κ2) is 4.53. The van der Waals surface area contributed by atoms with Crippen LogP contribution in [0.25, 0.3) is 11.3 Å². The van der Waals surface area contributed by atoms with Crippen molar-refractivity contribution >= 4 is 11.6 Å². The van der Waals surface area contributed by atoms with E-state index in [9.17, 15) is 9.18 Å². The highest BCUT2D eigenvalue weighted by molar-refractivity contribution is 6.17. The number of aromatic amines is 1. The molecule has 0 aliphatic rings. The van der Waals surface area contributed by atoms with E-state index in [1.54, 1.807) is 18.3 Å². The average molecular weight is 241 g/mol. The molecular weight excluding hydrogens is 231 g/mol. The van der Waals surface area contributed by atoms with Crippen LogP contribution in [0.1, 0.15) is 0 Å². The van der Waals surface area contributed by atoms with Crippen LogP contribution in [0.3, 0.4) is 0 Å². The molecule has 5 heteroatoms. The van der Waals surface area contributed by atoms with Crippen molar-refractivity contribution in [3.63, 3.8) is 0 Å². The second-order valence-electron chi connectivity index (χ2n) is 3.33. The molecule has 84 valence electrons. The van der Waals surface area contributed by atoms with Crippen molar-refractivity contribution in [3.05, 3.63) is 46.8 Å². The normalized spacial score (nSPS) is 10.6. The van der Waals surface area contributed by atoms with E-state index in [-0.39, 0.29) is 11.5 Å². The van der Waals surface area contributed by atoms with Crippen LogP contribution in [0.5, 0.6) is 0 Å². The first kappa shape index (κ1) is 11.0. The Labute approximate surface area is 96.5 Å². The van der Waals surface area contributed by atoms with Crippen LogP contribution < -0.4 is 5.69 Å². The number of nitrogens with zero attached hydrogens (tertiary/aromatic N) is 1. The molecule has 0 bridgehead atoms. The molecule has 3 nitrogen and oxygen atoms in total. The summed E-state index contributed by atoms with van der Waals surface area (Å²) in [6, 6.07) is 5.97. The number of alkyl halides is 1. The minimum absolute atomic E-state index is 0.208. The maximum Gasteiger partial charge on any atom is 0.326 e. The number of H-pyrrole nitrogens is 1. The number of hydrogen-bond donors (Lipinski definition) is 1. The van der Waals surface area contributed by atoms with Gasteiger partial charge in [-0.05, 0) is 29.8 Å². The van der Waals surface area contributed by atoms with Gasteiger partial charge in [-0.25, -0.2) is 9.18 Å². The van der Waals surface area contributed by atoms with Crippen LogP contribution in [0, 0.1) is 5.82 Å². The lowest BCUT2D eigenvalue weighted by atomic mass is 10.1. The Balaban J connectivity index is 2.47. The summed E-state index contributed by atoms with van der Waals surface area (Å²) < 4.78 is 14.3. The van der Waals surface area contributed by atoms with E-state index in [4.69, 9.17) is 11.6 Å². The molecule has 0 saturated carbocycles. The topological polar surface area (TPSA) is 37.8 Å². The number of nitrogens with one attached hydrogen (secondary N) is 1. The summed E-state index contributed by atoms with van der Waals surface area (Å²) in [5, 5.41) is 0. The average Bonchev–Trinajstić information content (AvgIpc) is 2.63. The molecule has 2 aromatic rings. The van der Waals surface area contributed by atoms with Crippen molar-refractivity contribution in [3.8, 4) is 11.3 Å². The summed E-state index contributed by atoms with van der Waals surface area (Å²) in [5.74, 6) is 0.0527. The lowest BCUT2D eigenvalue weighted by Gasteiger charge is -2.04. The van der Waals surface area contributed by atoms with Crippen LogP contribution in [0.2, 0.25) is 0 Å². The molecule has 0 unspecified atom stereocenters. The zero-order valence-electron chi connectivity index (χ0n) is 8.41. The Morgan fingerprint density at radius 3 is 2.62 bits per heavy atom. The molecule has 2 rings (SSSR count). The summed E-state index contributed by atoms with van der Waals surface area (Å²) >= 11 is 5.62. The highest BCUT2D eigenvalue weighted by atomic mass is 35.5. The predicted molar refractivity (Wildman–Crippen MR) is 61.2 cm³/mol. The van der Waals surface area contributed by atoms with Crippen molar-refractivity contribution in [2.24, 2.45) is 0 Å². The molecule has 0 fully saturated rings. The fourth-order valence-electron chi connectivity index (χ4n) is 1.56. The summed E-state index contributed by atoms with van der Waals surface area (Å²) in [6.45, 7) is 0.427. The van der Waals surface area contributed by atoms with Gasteiger partial charge < -0.3 is 4.98 Å². The summed E-state index contributed by atoms with van der Waals surface area (Å²) in [6.07, 6.45) is 1.60. The summed E-state index contributed by atoms with van der Waals surface area (Å²) in [7, 11) is 0. The summed E-state index contributed by atoms with van der Waals surface area (Å²) in [5.41, 5.74) is 1.29. The standard InChI is InChI=1S/C11H10ClFN2O/c12-5-6-15-10(7-14-11(15)16)8-1-3-9(13)4-2-8/h1-4,7H,5-6H2,(H,14,16). The van der Waals surface area contributed by atoms with E-state index < -0.39 is 0 Å². The van der Waals surface area contributed by atoms with Gasteiger partial charge in [-0.3, -0.25) is 4.57 Å². The van der Waals surface area contributed by atoms with Gasteiger partial charge in [0.25, 0.3) is 0 Å². The highest BCUT2D eigenvalue weighted by Crippen LogP contribution is 2.17. The van der Waals surface area contributed by atoms with Crippen molar-refractivity contribution in [1.82, 2.24) is 9.55 Å². The lowest BCUT2D eigenvalue weighted by molar-refractivity contribution is 0.628. The first-order valence-electron chi connectivity index (χ1n) is 4.82. The van der Waals surface area contributed by atoms with E-state index in [1.807, 2.05) is 0 Å². The molecule has 0 radical (unpaired) electrons. The number of rotatable bonds is 3. The molecule has 16 heavy (non-hydrogen) atoms. The van der Waals surface area contributed by atoms with Gasteiger partial charge in [0.2, 0.25) is 0 Å². The minimum Gasteiger partial charge on any atom is -0.312 e. The van der Waals surface area contributed by atoms with Crippen molar-refractivity contribution in [1.29, 1.82) is 0 Å². The van der Waals surface area contributed by atoms with E-state index in [0.717, 1.165) is 5.56 Å².